The van der Waals surface area contributed by atoms with Crippen molar-refractivity contribution in [3.8, 4) is 0 Å². The zero-order chi connectivity index (χ0) is 15.6. The van der Waals surface area contributed by atoms with Crippen molar-refractivity contribution < 1.29 is 12.8 Å². The predicted octanol–water partition coefficient (Wildman–Crippen LogP) is 2.96. The smallest absolute Gasteiger partial charge is 0.241 e. The van der Waals surface area contributed by atoms with E-state index in [4.69, 9.17) is 5.73 Å². The zero-order valence-corrected chi connectivity index (χ0v) is 13.6. The third-order valence-corrected chi connectivity index (χ3v) is 5.28. The van der Waals surface area contributed by atoms with Gasteiger partial charge in [-0.2, -0.15) is 0 Å². The van der Waals surface area contributed by atoms with Crippen molar-refractivity contribution in [3.05, 3.63) is 57.8 Å². The fourth-order valence-electron chi connectivity index (χ4n) is 1.90. The highest BCUT2D eigenvalue weighted by atomic mass is 79.9. The summed E-state index contributed by atoms with van der Waals surface area (Å²) < 4.78 is 40.8. The molecule has 7 heteroatoms. The molecule has 3 N–H and O–H groups in total. The molecular weight excluding hydrogens is 359 g/mol. The molecule has 0 saturated heterocycles. The van der Waals surface area contributed by atoms with Gasteiger partial charge in [-0.3, -0.25) is 0 Å². The minimum absolute atomic E-state index is 0.00943. The lowest BCUT2D eigenvalue weighted by Gasteiger charge is -2.11. The first-order chi connectivity index (χ1) is 9.79. The van der Waals surface area contributed by atoms with Gasteiger partial charge >= 0.3 is 0 Å². The van der Waals surface area contributed by atoms with Crippen molar-refractivity contribution >= 4 is 31.6 Å². The molecule has 0 heterocycles. The minimum Gasteiger partial charge on any atom is -0.399 e. The quantitative estimate of drug-likeness (QED) is 0.810. The Labute approximate surface area is 131 Å². The topological polar surface area (TPSA) is 72.2 Å². The number of sulfonamides is 1. The minimum atomic E-state index is -3.68. The Bertz CT molecular complexity index is 779. The lowest BCUT2D eigenvalue weighted by Crippen LogP contribution is -2.24. The summed E-state index contributed by atoms with van der Waals surface area (Å²) in [5.41, 5.74) is 7.18. The summed E-state index contributed by atoms with van der Waals surface area (Å²) in [4.78, 5) is 0.157. The molecule has 4 nitrogen and oxygen atoms in total. The highest BCUT2D eigenvalue weighted by molar-refractivity contribution is 9.10. The standard InChI is InChI=1S/C14H14BrFN2O2S/c1-9-6-12(17)3-5-14(9)21(19,20)18-8-10-7-11(16)2-4-13(10)15/h2-7,18H,8,17H2,1H3. The highest BCUT2D eigenvalue weighted by Gasteiger charge is 2.17. The van der Waals surface area contributed by atoms with Gasteiger partial charge in [0, 0.05) is 16.7 Å². The number of nitrogen functional groups attached to an aromatic ring is 1. The summed E-state index contributed by atoms with van der Waals surface area (Å²) in [5.74, 6) is -0.420. The molecule has 2 rings (SSSR count). The third kappa shape index (κ3) is 3.81. The lowest BCUT2D eigenvalue weighted by molar-refractivity contribution is 0.579. The fourth-order valence-corrected chi connectivity index (χ4v) is 3.52. The number of rotatable bonds is 4. The van der Waals surface area contributed by atoms with E-state index in [1.807, 2.05) is 0 Å². The number of hydrogen-bond donors (Lipinski definition) is 2. The lowest BCUT2D eigenvalue weighted by atomic mass is 10.2. The summed E-state index contributed by atoms with van der Waals surface area (Å²) >= 11 is 3.26. The van der Waals surface area contributed by atoms with E-state index in [2.05, 4.69) is 20.7 Å². The maximum absolute atomic E-state index is 13.2. The second-order valence-corrected chi connectivity index (χ2v) is 7.17. The van der Waals surface area contributed by atoms with Crippen LogP contribution in [0.2, 0.25) is 0 Å². The number of hydrogen-bond acceptors (Lipinski definition) is 3. The van der Waals surface area contributed by atoms with Crippen LogP contribution < -0.4 is 10.5 Å². The van der Waals surface area contributed by atoms with Crippen LogP contribution in [-0.4, -0.2) is 8.42 Å². The molecule has 2 aromatic rings. The van der Waals surface area contributed by atoms with Crippen LogP contribution in [0.5, 0.6) is 0 Å². The molecule has 0 amide bonds. The summed E-state index contributed by atoms with van der Waals surface area (Å²) in [7, 11) is -3.68. The van der Waals surface area contributed by atoms with Crippen LogP contribution in [0.25, 0.3) is 0 Å². The van der Waals surface area contributed by atoms with Gasteiger partial charge in [-0.1, -0.05) is 15.9 Å². The van der Waals surface area contributed by atoms with Gasteiger partial charge in [0.15, 0.2) is 0 Å². The summed E-state index contributed by atoms with van der Waals surface area (Å²) in [6, 6.07) is 8.68. The summed E-state index contributed by atoms with van der Waals surface area (Å²) in [6.07, 6.45) is 0. The van der Waals surface area contributed by atoms with Crippen LogP contribution in [0.3, 0.4) is 0 Å². The van der Waals surface area contributed by atoms with Crippen molar-refractivity contribution in [2.75, 3.05) is 5.73 Å². The van der Waals surface area contributed by atoms with Gasteiger partial charge in [-0.25, -0.2) is 17.5 Å². The predicted molar refractivity (Wildman–Crippen MR) is 83.7 cm³/mol. The number of anilines is 1. The van der Waals surface area contributed by atoms with E-state index in [9.17, 15) is 12.8 Å². The van der Waals surface area contributed by atoms with Crippen molar-refractivity contribution in [2.24, 2.45) is 0 Å². The van der Waals surface area contributed by atoms with Crippen LogP contribution in [0.4, 0.5) is 10.1 Å². The molecule has 0 saturated carbocycles. The average molecular weight is 373 g/mol. The molecule has 0 unspecified atom stereocenters. The van der Waals surface area contributed by atoms with E-state index in [1.54, 1.807) is 13.0 Å². The second kappa shape index (κ2) is 6.13. The number of nitrogens with two attached hydrogens (primary N) is 1. The first-order valence-electron chi connectivity index (χ1n) is 6.09. The van der Waals surface area contributed by atoms with Crippen LogP contribution in [0, 0.1) is 12.7 Å². The van der Waals surface area contributed by atoms with Crippen LogP contribution in [0.1, 0.15) is 11.1 Å². The van der Waals surface area contributed by atoms with Gasteiger partial charge < -0.3 is 5.73 Å². The van der Waals surface area contributed by atoms with Crippen LogP contribution in [0.15, 0.2) is 45.8 Å². The Kier molecular flexibility index (Phi) is 4.65. The van der Waals surface area contributed by atoms with Gasteiger partial charge in [0.05, 0.1) is 4.90 Å². The maximum Gasteiger partial charge on any atom is 0.241 e. The molecule has 21 heavy (non-hydrogen) atoms. The van der Waals surface area contributed by atoms with Gasteiger partial charge in [0.1, 0.15) is 5.82 Å². The first-order valence-corrected chi connectivity index (χ1v) is 8.37. The van der Waals surface area contributed by atoms with E-state index < -0.39 is 15.8 Å². The molecule has 0 aliphatic carbocycles. The van der Waals surface area contributed by atoms with E-state index in [0.29, 0.717) is 21.3 Å². The monoisotopic (exact) mass is 372 g/mol. The van der Waals surface area contributed by atoms with Gasteiger partial charge in [0.25, 0.3) is 0 Å². The van der Waals surface area contributed by atoms with Gasteiger partial charge in [0.2, 0.25) is 10.0 Å². The Hall–Kier alpha value is -1.44. The van der Waals surface area contributed by atoms with E-state index >= 15 is 0 Å². The third-order valence-electron chi connectivity index (χ3n) is 2.95. The molecule has 0 aliphatic rings. The molecule has 0 aromatic heterocycles. The fraction of sp³-hybridized carbons (Fsp3) is 0.143. The Morgan fingerprint density at radius 3 is 2.62 bits per heavy atom. The van der Waals surface area contributed by atoms with Crippen LogP contribution in [-0.2, 0) is 16.6 Å². The first kappa shape index (κ1) is 15.9. The Morgan fingerprint density at radius 2 is 1.95 bits per heavy atom. The molecule has 0 spiro atoms. The number of nitrogens with one attached hydrogen (secondary N) is 1. The average Bonchev–Trinajstić information content (AvgIpc) is 2.39. The maximum atomic E-state index is 13.2. The largest absolute Gasteiger partial charge is 0.399 e. The SMILES string of the molecule is Cc1cc(N)ccc1S(=O)(=O)NCc1cc(F)ccc1Br. The van der Waals surface area contributed by atoms with Gasteiger partial charge in [-0.15, -0.1) is 0 Å². The van der Waals surface area contributed by atoms with E-state index in [0.717, 1.165) is 0 Å². The Balaban J connectivity index is 2.24. The molecular formula is C14H14BrFN2O2S. The molecule has 0 atom stereocenters. The molecule has 0 aliphatic heterocycles. The van der Waals surface area contributed by atoms with Crippen molar-refractivity contribution in [1.29, 1.82) is 0 Å². The Morgan fingerprint density at radius 1 is 1.24 bits per heavy atom. The molecule has 0 radical (unpaired) electrons. The molecule has 0 fully saturated rings. The van der Waals surface area contributed by atoms with Crippen molar-refractivity contribution in [1.82, 2.24) is 4.72 Å². The van der Waals surface area contributed by atoms with Crippen LogP contribution >= 0.6 is 15.9 Å². The van der Waals surface area contributed by atoms with Gasteiger partial charge in [-0.05, 0) is 54.4 Å². The number of aryl methyl sites for hydroxylation is 1. The molecule has 0 bridgehead atoms. The molecule has 2 aromatic carbocycles. The molecule has 112 valence electrons. The summed E-state index contributed by atoms with van der Waals surface area (Å²) in [5, 5.41) is 0. The number of halogens is 2. The summed E-state index contributed by atoms with van der Waals surface area (Å²) in [6.45, 7) is 1.66. The second-order valence-electron chi connectivity index (χ2n) is 4.59. The normalized spacial score (nSPS) is 11.6. The van der Waals surface area contributed by atoms with Crippen molar-refractivity contribution in [2.45, 2.75) is 18.4 Å². The highest BCUT2D eigenvalue weighted by Crippen LogP contribution is 2.20. The van der Waals surface area contributed by atoms with E-state index in [-0.39, 0.29) is 11.4 Å². The van der Waals surface area contributed by atoms with E-state index in [1.165, 1.54) is 30.3 Å². The van der Waals surface area contributed by atoms with Crippen molar-refractivity contribution in [3.63, 3.8) is 0 Å². The zero-order valence-electron chi connectivity index (χ0n) is 11.2. The number of benzene rings is 2.